The highest BCUT2D eigenvalue weighted by atomic mass is 19.4. The molecule has 0 amide bonds. The summed E-state index contributed by atoms with van der Waals surface area (Å²) in [6, 6.07) is 2.60. The molecule has 2 aromatic rings. The van der Waals surface area contributed by atoms with Crippen LogP contribution in [0.25, 0.3) is 5.65 Å². The molecule has 0 unspecified atom stereocenters. The summed E-state index contributed by atoms with van der Waals surface area (Å²) in [6.07, 6.45) is -2.24. The van der Waals surface area contributed by atoms with Crippen molar-refractivity contribution in [2.75, 3.05) is 0 Å². The van der Waals surface area contributed by atoms with Crippen LogP contribution in [0.1, 0.15) is 5.82 Å². The quantitative estimate of drug-likeness (QED) is 0.695. The largest absolute Gasteiger partial charge is 0.452 e. The summed E-state index contributed by atoms with van der Waals surface area (Å²) in [5, 5.41) is 14.6. The summed E-state index contributed by atoms with van der Waals surface area (Å²) >= 11 is 0. The van der Waals surface area contributed by atoms with E-state index in [0.717, 1.165) is 6.20 Å². The fourth-order valence-electron chi connectivity index (χ4n) is 1.18. The highest BCUT2D eigenvalue weighted by Gasteiger charge is 2.36. The van der Waals surface area contributed by atoms with Crippen LogP contribution in [0.15, 0.2) is 18.3 Å². The van der Waals surface area contributed by atoms with Gasteiger partial charge in [0.15, 0.2) is 11.4 Å². The van der Waals surface area contributed by atoms with Gasteiger partial charge in [-0.15, -0.1) is 15.5 Å². The fraction of sp³-hybridized carbons (Fsp3) is 0.125. The molecule has 0 saturated carbocycles. The number of pyridine rings is 1. The summed E-state index contributed by atoms with van der Waals surface area (Å²) in [5.74, 6) is -1.17. The summed E-state index contributed by atoms with van der Waals surface area (Å²) in [4.78, 5) is 0. The molecule has 0 aliphatic carbocycles. The minimum absolute atomic E-state index is 0.0136. The molecule has 0 atom stereocenters. The Balaban J connectivity index is 2.61. The normalized spacial score (nSPS) is 11.4. The Bertz CT molecular complexity index is 569. The maximum absolute atomic E-state index is 12.4. The number of hydrogen-bond donors (Lipinski definition) is 0. The van der Waals surface area contributed by atoms with Gasteiger partial charge in [0, 0.05) is 0 Å². The zero-order valence-corrected chi connectivity index (χ0v) is 7.56. The van der Waals surface area contributed by atoms with Crippen molar-refractivity contribution in [3.63, 3.8) is 0 Å². The molecule has 0 N–H and O–H groups in total. The molecule has 0 saturated heterocycles. The van der Waals surface area contributed by atoms with Gasteiger partial charge in [-0.05, 0) is 12.1 Å². The molecule has 0 aliphatic rings. The molecular weight excluding hydrogens is 225 g/mol. The molecular formula is C8H3F3N4O. The van der Waals surface area contributed by atoms with E-state index in [1.165, 1.54) is 18.4 Å². The van der Waals surface area contributed by atoms with Crippen molar-refractivity contribution in [2.24, 2.45) is 0 Å². The van der Waals surface area contributed by atoms with Crippen molar-refractivity contribution in [1.29, 1.82) is 5.26 Å². The molecule has 0 aromatic carbocycles. The second kappa shape index (κ2) is 3.37. The molecule has 82 valence electrons. The predicted molar refractivity (Wildman–Crippen MR) is 44.2 cm³/mol. The van der Waals surface area contributed by atoms with Crippen LogP contribution in [-0.2, 0) is 6.18 Å². The molecule has 8 heteroatoms. The van der Waals surface area contributed by atoms with Gasteiger partial charge in [-0.2, -0.15) is 13.2 Å². The minimum Gasteiger partial charge on any atom is -0.386 e. The molecule has 5 nitrogen and oxygen atoms in total. The number of nitrogens with zero attached hydrogens (tertiary/aromatic N) is 4. The van der Waals surface area contributed by atoms with Crippen LogP contribution < -0.4 is 4.74 Å². The van der Waals surface area contributed by atoms with Crippen LogP contribution in [0, 0.1) is 11.5 Å². The van der Waals surface area contributed by atoms with E-state index in [1.54, 1.807) is 0 Å². The van der Waals surface area contributed by atoms with Crippen molar-refractivity contribution in [3.8, 4) is 12.0 Å². The lowest BCUT2D eigenvalue weighted by Gasteiger charge is -2.04. The third-order valence-electron chi connectivity index (χ3n) is 1.79. The van der Waals surface area contributed by atoms with Crippen molar-refractivity contribution < 1.29 is 17.9 Å². The van der Waals surface area contributed by atoms with E-state index in [1.807, 2.05) is 0 Å². The number of rotatable bonds is 1. The van der Waals surface area contributed by atoms with E-state index in [-0.39, 0.29) is 11.4 Å². The first-order chi connectivity index (χ1) is 7.52. The standard InChI is InChI=1S/C8H3F3N4O/c9-8(10,11)7-14-13-6-2-1-5(16-4-12)3-15(6)7/h1-3H. The molecule has 0 fully saturated rings. The van der Waals surface area contributed by atoms with Gasteiger partial charge in [0.25, 0.3) is 6.26 Å². The van der Waals surface area contributed by atoms with Crippen molar-refractivity contribution in [3.05, 3.63) is 24.2 Å². The number of hydrogen-bond acceptors (Lipinski definition) is 4. The lowest BCUT2D eigenvalue weighted by molar-refractivity contribution is -0.145. The van der Waals surface area contributed by atoms with E-state index >= 15 is 0 Å². The molecule has 2 heterocycles. The maximum atomic E-state index is 12.4. The van der Waals surface area contributed by atoms with Gasteiger partial charge in [-0.1, -0.05) is 0 Å². The van der Waals surface area contributed by atoms with Crippen molar-refractivity contribution in [2.45, 2.75) is 6.18 Å². The van der Waals surface area contributed by atoms with Gasteiger partial charge in [0.1, 0.15) is 0 Å². The average molecular weight is 228 g/mol. The Morgan fingerprint density at radius 2 is 2.06 bits per heavy atom. The van der Waals surface area contributed by atoms with Crippen LogP contribution in [0.2, 0.25) is 0 Å². The lowest BCUT2D eigenvalue weighted by Crippen LogP contribution is -2.10. The SMILES string of the molecule is N#COc1ccc2nnc(C(F)(F)F)n2c1. The first-order valence-electron chi connectivity index (χ1n) is 4.00. The monoisotopic (exact) mass is 228 g/mol. The van der Waals surface area contributed by atoms with Crippen LogP contribution in [0.4, 0.5) is 13.2 Å². The Morgan fingerprint density at radius 3 is 2.69 bits per heavy atom. The molecule has 0 spiro atoms. The number of alkyl halides is 3. The Labute approximate surface area is 86.7 Å². The van der Waals surface area contributed by atoms with Gasteiger partial charge >= 0.3 is 6.18 Å². The molecule has 0 aliphatic heterocycles. The van der Waals surface area contributed by atoms with Gasteiger partial charge in [0.2, 0.25) is 5.82 Å². The molecule has 16 heavy (non-hydrogen) atoms. The zero-order chi connectivity index (χ0) is 11.8. The third-order valence-corrected chi connectivity index (χ3v) is 1.79. The summed E-state index contributed by atoms with van der Waals surface area (Å²) in [6.45, 7) is 0. The Kier molecular flexibility index (Phi) is 2.16. The molecule has 0 bridgehead atoms. The number of nitriles is 1. The fourth-order valence-corrected chi connectivity index (χ4v) is 1.18. The van der Waals surface area contributed by atoms with Crippen LogP contribution in [0.5, 0.6) is 5.75 Å². The van der Waals surface area contributed by atoms with E-state index in [9.17, 15) is 13.2 Å². The summed E-state index contributed by atoms with van der Waals surface area (Å²) in [7, 11) is 0. The summed E-state index contributed by atoms with van der Waals surface area (Å²) < 4.78 is 42.4. The highest BCUT2D eigenvalue weighted by molar-refractivity contribution is 5.42. The van der Waals surface area contributed by atoms with Crippen molar-refractivity contribution in [1.82, 2.24) is 14.6 Å². The first kappa shape index (κ1) is 10.2. The number of aromatic nitrogens is 3. The molecule has 2 rings (SSSR count). The van der Waals surface area contributed by atoms with Gasteiger partial charge in [0.05, 0.1) is 6.20 Å². The summed E-state index contributed by atoms with van der Waals surface area (Å²) in [5.41, 5.74) is 0.0256. The van der Waals surface area contributed by atoms with E-state index < -0.39 is 12.0 Å². The molecule has 0 radical (unpaired) electrons. The van der Waals surface area contributed by atoms with Gasteiger partial charge in [-0.25, -0.2) is 0 Å². The van der Waals surface area contributed by atoms with Crippen LogP contribution >= 0.6 is 0 Å². The van der Waals surface area contributed by atoms with Crippen LogP contribution in [-0.4, -0.2) is 14.6 Å². The Hall–Kier alpha value is -2.30. The highest BCUT2D eigenvalue weighted by Crippen LogP contribution is 2.28. The van der Waals surface area contributed by atoms with Crippen molar-refractivity contribution >= 4 is 5.65 Å². The van der Waals surface area contributed by atoms with E-state index in [2.05, 4.69) is 14.9 Å². The average Bonchev–Trinajstić information content (AvgIpc) is 2.60. The lowest BCUT2D eigenvalue weighted by atomic mass is 10.4. The second-order valence-electron chi connectivity index (χ2n) is 2.81. The topological polar surface area (TPSA) is 63.2 Å². The third kappa shape index (κ3) is 1.63. The van der Waals surface area contributed by atoms with Crippen LogP contribution in [0.3, 0.4) is 0 Å². The van der Waals surface area contributed by atoms with E-state index in [0.29, 0.717) is 4.40 Å². The second-order valence-corrected chi connectivity index (χ2v) is 2.81. The minimum atomic E-state index is -4.61. The molecule has 2 aromatic heterocycles. The van der Waals surface area contributed by atoms with E-state index in [4.69, 9.17) is 5.26 Å². The smallest absolute Gasteiger partial charge is 0.386 e. The maximum Gasteiger partial charge on any atom is 0.452 e. The van der Waals surface area contributed by atoms with Gasteiger partial charge in [-0.3, -0.25) is 4.40 Å². The number of ether oxygens (including phenoxy) is 1. The zero-order valence-electron chi connectivity index (χ0n) is 7.56. The number of halogens is 3. The first-order valence-corrected chi connectivity index (χ1v) is 4.00. The van der Waals surface area contributed by atoms with Gasteiger partial charge < -0.3 is 4.74 Å². The predicted octanol–water partition coefficient (Wildman–Crippen LogP) is 1.61. The number of fused-ring (bicyclic) bond motifs is 1. The Morgan fingerprint density at radius 1 is 1.31 bits per heavy atom.